The van der Waals surface area contributed by atoms with Gasteiger partial charge >= 0.3 is 6.18 Å². The Hall–Kier alpha value is -2.26. The topological polar surface area (TPSA) is 63.8 Å². The normalized spacial score (nSPS) is 22.3. The van der Waals surface area contributed by atoms with Gasteiger partial charge in [0.1, 0.15) is 5.82 Å². The highest BCUT2D eigenvalue weighted by Gasteiger charge is 2.49. The van der Waals surface area contributed by atoms with E-state index in [1.165, 1.54) is 6.20 Å². The molecule has 1 aliphatic carbocycles. The molecule has 0 saturated heterocycles. The number of halogens is 3. The van der Waals surface area contributed by atoms with E-state index in [1.807, 2.05) is 18.5 Å². The maximum absolute atomic E-state index is 13.7. The molecule has 2 aromatic heterocycles. The summed E-state index contributed by atoms with van der Waals surface area (Å²) in [7, 11) is 1.84. The summed E-state index contributed by atoms with van der Waals surface area (Å²) in [5.74, 6) is 1.89. The van der Waals surface area contributed by atoms with Gasteiger partial charge in [-0.3, -0.25) is 4.57 Å². The van der Waals surface area contributed by atoms with Crippen molar-refractivity contribution in [2.75, 3.05) is 16.8 Å². The number of nitrogens with one attached hydrogen (secondary N) is 1. The molecular weight excluding hydrogens is 371 g/mol. The van der Waals surface area contributed by atoms with Crippen molar-refractivity contribution in [3.63, 3.8) is 0 Å². The van der Waals surface area contributed by atoms with E-state index in [0.717, 1.165) is 24.1 Å². The van der Waals surface area contributed by atoms with Crippen molar-refractivity contribution in [2.45, 2.75) is 64.3 Å². The summed E-state index contributed by atoms with van der Waals surface area (Å²) in [6, 6.07) is -1.57. The first-order valence-electron chi connectivity index (χ1n) is 9.79. The molecule has 0 spiro atoms. The van der Waals surface area contributed by atoms with Crippen molar-refractivity contribution < 1.29 is 13.2 Å². The van der Waals surface area contributed by atoms with E-state index in [1.54, 1.807) is 0 Å². The van der Waals surface area contributed by atoms with Crippen LogP contribution in [0.4, 0.5) is 24.9 Å². The van der Waals surface area contributed by atoms with Crippen LogP contribution in [0, 0.1) is 5.92 Å². The molecule has 1 aliphatic heterocycles. The summed E-state index contributed by atoms with van der Waals surface area (Å²) < 4.78 is 44.0. The predicted octanol–water partition coefficient (Wildman–Crippen LogP) is 3.61. The molecule has 2 unspecified atom stereocenters. The lowest BCUT2D eigenvalue weighted by atomic mass is 9.99. The highest BCUT2D eigenvalue weighted by atomic mass is 19.4. The first kappa shape index (κ1) is 19.1. The van der Waals surface area contributed by atoms with Gasteiger partial charge in [0, 0.05) is 25.7 Å². The quantitative estimate of drug-likeness (QED) is 0.835. The molecule has 28 heavy (non-hydrogen) atoms. The molecule has 1 fully saturated rings. The third-order valence-electron chi connectivity index (χ3n) is 5.77. The van der Waals surface area contributed by atoms with Crippen molar-refractivity contribution >= 4 is 11.8 Å². The minimum Gasteiger partial charge on any atom is -0.367 e. The molecule has 0 amide bonds. The minimum atomic E-state index is -4.34. The average Bonchev–Trinajstić information content (AvgIpc) is 3.30. The van der Waals surface area contributed by atoms with Crippen LogP contribution in [0.15, 0.2) is 6.20 Å². The maximum Gasteiger partial charge on any atom is 0.410 e. The monoisotopic (exact) mass is 397 g/mol. The predicted molar refractivity (Wildman–Crippen MR) is 100 cm³/mol. The first-order valence-corrected chi connectivity index (χ1v) is 9.79. The molecule has 2 aromatic rings. The number of anilines is 2. The van der Waals surface area contributed by atoms with Crippen LogP contribution in [-0.4, -0.2) is 49.3 Å². The van der Waals surface area contributed by atoms with Crippen molar-refractivity contribution in [3.8, 4) is 11.4 Å². The molecule has 0 aromatic carbocycles. The Morgan fingerprint density at radius 2 is 2.00 bits per heavy atom. The number of alkyl halides is 3. The Morgan fingerprint density at radius 3 is 2.57 bits per heavy atom. The van der Waals surface area contributed by atoms with Crippen LogP contribution in [0.25, 0.3) is 11.4 Å². The molecule has 154 valence electrons. The van der Waals surface area contributed by atoms with Gasteiger partial charge in [0.25, 0.3) is 0 Å². The standard InChI is InChI=1S/C18H26F3N7/c1-5-27(10(2)3)17-25-24-16(26(17)4)12-9-22-28-14(18(19,20)21)8-13(11-6-7-11)23-15(12)28/h9-11,13-14,23H,5-8H2,1-4H3. The van der Waals surface area contributed by atoms with Crippen molar-refractivity contribution in [2.24, 2.45) is 13.0 Å². The van der Waals surface area contributed by atoms with Gasteiger partial charge in [-0.05, 0) is 46.0 Å². The molecule has 7 nitrogen and oxygen atoms in total. The van der Waals surface area contributed by atoms with Crippen molar-refractivity contribution in [1.82, 2.24) is 24.5 Å². The van der Waals surface area contributed by atoms with E-state index in [4.69, 9.17) is 0 Å². The molecule has 1 N–H and O–H groups in total. The Balaban J connectivity index is 1.75. The van der Waals surface area contributed by atoms with Gasteiger partial charge in [-0.2, -0.15) is 18.3 Å². The van der Waals surface area contributed by atoms with Gasteiger partial charge in [0.2, 0.25) is 5.95 Å². The van der Waals surface area contributed by atoms with Crippen LogP contribution in [0.5, 0.6) is 0 Å². The third-order valence-corrected chi connectivity index (χ3v) is 5.77. The smallest absolute Gasteiger partial charge is 0.367 e. The molecule has 3 heterocycles. The molecular formula is C18H26F3N7. The van der Waals surface area contributed by atoms with Crippen LogP contribution < -0.4 is 10.2 Å². The van der Waals surface area contributed by atoms with Crippen LogP contribution >= 0.6 is 0 Å². The van der Waals surface area contributed by atoms with Gasteiger partial charge in [-0.1, -0.05) is 0 Å². The summed E-state index contributed by atoms with van der Waals surface area (Å²) in [4.78, 5) is 2.09. The molecule has 10 heteroatoms. The lowest BCUT2D eigenvalue weighted by Gasteiger charge is -2.34. The lowest BCUT2D eigenvalue weighted by molar-refractivity contribution is -0.174. The summed E-state index contributed by atoms with van der Waals surface area (Å²) >= 11 is 0. The largest absolute Gasteiger partial charge is 0.410 e. The van der Waals surface area contributed by atoms with Gasteiger partial charge in [0.15, 0.2) is 11.9 Å². The molecule has 1 saturated carbocycles. The molecule has 2 atom stereocenters. The number of hydrogen-bond donors (Lipinski definition) is 1. The van der Waals surface area contributed by atoms with E-state index in [9.17, 15) is 13.2 Å². The van der Waals surface area contributed by atoms with Gasteiger partial charge < -0.3 is 10.2 Å². The van der Waals surface area contributed by atoms with Crippen LogP contribution in [0.2, 0.25) is 0 Å². The second kappa shape index (κ2) is 6.66. The number of fused-ring (bicyclic) bond motifs is 1. The summed E-state index contributed by atoms with van der Waals surface area (Å²) in [6.07, 6.45) is -0.909. The Kier molecular flexibility index (Phi) is 4.54. The van der Waals surface area contributed by atoms with Crippen molar-refractivity contribution in [3.05, 3.63) is 6.20 Å². The zero-order valence-electron chi connectivity index (χ0n) is 16.5. The second-order valence-electron chi connectivity index (χ2n) is 8.00. The summed E-state index contributed by atoms with van der Waals surface area (Å²) in [5, 5.41) is 16.0. The Labute approximate surface area is 161 Å². The van der Waals surface area contributed by atoms with Crippen LogP contribution in [0.3, 0.4) is 0 Å². The van der Waals surface area contributed by atoms with Crippen LogP contribution in [0.1, 0.15) is 46.1 Å². The molecule has 0 bridgehead atoms. The Bertz CT molecular complexity index is 850. The number of rotatable bonds is 5. The molecule has 0 radical (unpaired) electrons. The molecule has 4 rings (SSSR count). The second-order valence-corrected chi connectivity index (χ2v) is 8.00. The fourth-order valence-corrected chi connectivity index (χ4v) is 4.11. The summed E-state index contributed by atoms with van der Waals surface area (Å²) in [5.41, 5.74) is 0.556. The van der Waals surface area contributed by atoms with E-state index < -0.39 is 12.2 Å². The molecule has 2 aliphatic rings. The third kappa shape index (κ3) is 3.12. The summed E-state index contributed by atoms with van der Waals surface area (Å²) in [6.45, 7) is 6.92. The highest BCUT2D eigenvalue weighted by molar-refractivity contribution is 5.72. The lowest BCUT2D eigenvalue weighted by Crippen LogP contribution is -2.40. The average molecular weight is 397 g/mol. The van der Waals surface area contributed by atoms with Gasteiger partial charge in [-0.25, -0.2) is 4.68 Å². The zero-order chi connectivity index (χ0) is 20.2. The van der Waals surface area contributed by atoms with E-state index in [-0.39, 0.29) is 18.5 Å². The number of nitrogens with zero attached hydrogens (tertiary/aromatic N) is 6. The Morgan fingerprint density at radius 1 is 1.29 bits per heavy atom. The highest BCUT2D eigenvalue weighted by Crippen LogP contribution is 2.47. The SMILES string of the molecule is CCN(c1nnc(-c2cnn3c2NC(C2CC2)CC3C(F)(F)F)n1C)C(C)C. The van der Waals surface area contributed by atoms with E-state index >= 15 is 0 Å². The fraction of sp³-hybridized carbons (Fsp3) is 0.722. The van der Waals surface area contributed by atoms with E-state index in [2.05, 4.69) is 39.4 Å². The number of aromatic nitrogens is 5. The number of hydrogen-bond acceptors (Lipinski definition) is 5. The van der Waals surface area contributed by atoms with Gasteiger partial charge in [-0.15, -0.1) is 10.2 Å². The van der Waals surface area contributed by atoms with Crippen LogP contribution in [-0.2, 0) is 7.05 Å². The first-order chi connectivity index (χ1) is 13.2. The zero-order valence-corrected chi connectivity index (χ0v) is 16.5. The minimum absolute atomic E-state index is 0.0172. The fourth-order valence-electron chi connectivity index (χ4n) is 4.11. The maximum atomic E-state index is 13.7. The van der Waals surface area contributed by atoms with Gasteiger partial charge in [0.05, 0.1) is 11.8 Å². The van der Waals surface area contributed by atoms with Crippen molar-refractivity contribution in [1.29, 1.82) is 0 Å². The van der Waals surface area contributed by atoms with E-state index in [0.29, 0.717) is 29.1 Å².